The predicted octanol–water partition coefficient (Wildman–Crippen LogP) is 2.83. The van der Waals surface area contributed by atoms with Gasteiger partial charge in [-0.3, -0.25) is 0 Å². The number of nitrogens with one attached hydrogen (secondary N) is 1. The number of hydrogen-bond acceptors (Lipinski definition) is 5. The average molecular weight is 363 g/mol. The smallest absolute Gasteiger partial charge is 0.337 e. The third-order valence-corrected chi connectivity index (χ3v) is 5.33. The molecule has 6 nitrogen and oxygen atoms in total. The summed E-state index contributed by atoms with van der Waals surface area (Å²) in [4.78, 5) is 11.5. The third kappa shape index (κ3) is 4.37. The molecule has 0 saturated heterocycles. The molecule has 0 radical (unpaired) electrons. The maximum Gasteiger partial charge on any atom is 0.337 e. The van der Waals surface area contributed by atoms with E-state index in [0.717, 1.165) is 11.1 Å². The van der Waals surface area contributed by atoms with Crippen LogP contribution in [0.4, 0.5) is 0 Å². The van der Waals surface area contributed by atoms with E-state index in [9.17, 15) is 13.2 Å². The highest BCUT2D eigenvalue weighted by molar-refractivity contribution is 7.89. The summed E-state index contributed by atoms with van der Waals surface area (Å²) < 4.78 is 37.7. The average Bonchev–Trinajstić information content (AvgIpc) is 2.60. The first-order valence-electron chi connectivity index (χ1n) is 7.63. The zero-order valence-corrected chi connectivity index (χ0v) is 15.4. The molecule has 1 atom stereocenters. The minimum Gasteiger partial charge on any atom is -0.496 e. The molecule has 0 bridgehead atoms. The Morgan fingerprint density at radius 3 is 2.28 bits per heavy atom. The van der Waals surface area contributed by atoms with Crippen LogP contribution >= 0.6 is 0 Å². The van der Waals surface area contributed by atoms with Gasteiger partial charge in [-0.05, 0) is 44.2 Å². The van der Waals surface area contributed by atoms with Gasteiger partial charge in [0.25, 0.3) is 0 Å². The number of methoxy groups -OCH3 is 2. The van der Waals surface area contributed by atoms with Gasteiger partial charge in [-0.15, -0.1) is 0 Å². The van der Waals surface area contributed by atoms with Crippen LogP contribution in [0.2, 0.25) is 0 Å². The molecule has 2 aromatic rings. The van der Waals surface area contributed by atoms with Crippen molar-refractivity contribution in [2.75, 3.05) is 14.2 Å². The van der Waals surface area contributed by atoms with Crippen LogP contribution in [0, 0.1) is 6.92 Å². The normalized spacial score (nSPS) is 12.5. The zero-order valence-electron chi connectivity index (χ0n) is 14.6. The van der Waals surface area contributed by atoms with Gasteiger partial charge in [0.2, 0.25) is 10.0 Å². The van der Waals surface area contributed by atoms with E-state index in [-0.39, 0.29) is 10.5 Å². The largest absolute Gasteiger partial charge is 0.496 e. The van der Waals surface area contributed by atoms with Gasteiger partial charge in [0.1, 0.15) is 5.75 Å². The number of rotatable bonds is 6. The second kappa shape index (κ2) is 7.67. The molecule has 0 spiro atoms. The van der Waals surface area contributed by atoms with E-state index in [0.29, 0.717) is 5.75 Å². The summed E-state index contributed by atoms with van der Waals surface area (Å²) in [6, 6.07) is 10.7. The monoisotopic (exact) mass is 363 g/mol. The van der Waals surface area contributed by atoms with Gasteiger partial charge >= 0.3 is 5.97 Å². The molecule has 2 rings (SSSR count). The van der Waals surface area contributed by atoms with E-state index >= 15 is 0 Å². The van der Waals surface area contributed by atoms with Crippen molar-refractivity contribution < 1.29 is 22.7 Å². The summed E-state index contributed by atoms with van der Waals surface area (Å²) >= 11 is 0. The quantitative estimate of drug-likeness (QED) is 0.798. The van der Waals surface area contributed by atoms with Crippen LogP contribution in [0.5, 0.6) is 5.75 Å². The van der Waals surface area contributed by atoms with Crippen molar-refractivity contribution in [3.63, 3.8) is 0 Å². The van der Waals surface area contributed by atoms with E-state index in [1.807, 2.05) is 19.1 Å². The lowest BCUT2D eigenvalue weighted by Crippen LogP contribution is -2.27. The fraction of sp³-hybridized carbons (Fsp3) is 0.278. The zero-order chi connectivity index (χ0) is 18.6. The highest BCUT2D eigenvalue weighted by Crippen LogP contribution is 2.27. The number of esters is 1. The molecule has 25 heavy (non-hydrogen) atoms. The summed E-state index contributed by atoms with van der Waals surface area (Å²) in [5, 5.41) is 0. The fourth-order valence-electron chi connectivity index (χ4n) is 2.44. The minimum atomic E-state index is -3.75. The number of carbonyl (C=O) groups excluding carboxylic acids is 1. The number of ether oxygens (including phenoxy) is 2. The lowest BCUT2D eigenvalue weighted by Gasteiger charge is -2.18. The van der Waals surface area contributed by atoms with Gasteiger partial charge in [0.15, 0.2) is 0 Å². The Morgan fingerprint density at radius 1 is 1.08 bits per heavy atom. The molecular weight excluding hydrogens is 342 g/mol. The van der Waals surface area contributed by atoms with Gasteiger partial charge in [0.05, 0.1) is 24.7 Å². The van der Waals surface area contributed by atoms with Crippen LogP contribution in [0.3, 0.4) is 0 Å². The first kappa shape index (κ1) is 19.0. The molecule has 0 saturated carbocycles. The van der Waals surface area contributed by atoms with E-state index < -0.39 is 22.0 Å². The van der Waals surface area contributed by atoms with E-state index in [2.05, 4.69) is 9.46 Å². The van der Waals surface area contributed by atoms with Crippen LogP contribution in [0.15, 0.2) is 47.4 Å². The van der Waals surface area contributed by atoms with E-state index in [1.165, 1.54) is 31.4 Å². The molecule has 2 aromatic carbocycles. The van der Waals surface area contributed by atoms with Crippen molar-refractivity contribution in [1.82, 2.24) is 4.72 Å². The van der Waals surface area contributed by atoms with Crippen molar-refractivity contribution >= 4 is 16.0 Å². The van der Waals surface area contributed by atoms with Gasteiger partial charge in [0, 0.05) is 11.6 Å². The first-order valence-corrected chi connectivity index (χ1v) is 9.12. The van der Waals surface area contributed by atoms with Crippen LogP contribution in [-0.4, -0.2) is 28.6 Å². The predicted molar refractivity (Wildman–Crippen MR) is 94.2 cm³/mol. The molecule has 0 fully saturated rings. The topological polar surface area (TPSA) is 81.7 Å². The van der Waals surface area contributed by atoms with Gasteiger partial charge in [-0.1, -0.05) is 17.7 Å². The van der Waals surface area contributed by atoms with E-state index in [4.69, 9.17) is 4.74 Å². The van der Waals surface area contributed by atoms with Crippen LogP contribution < -0.4 is 9.46 Å². The molecule has 0 amide bonds. The van der Waals surface area contributed by atoms with Crippen LogP contribution in [0.25, 0.3) is 0 Å². The summed E-state index contributed by atoms with van der Waals surface area (Å²) in [5.41, 5.74) is 2.04. The molecular formula is C18H21NO5S. The molecule has 0 aliphatic rings. The molecule has 0 aliphatic heterocycles. The molecule has 1 unspecified atom stereocenters. The number of aryl methyl sites for hydroxylation is 1. The summed E-state index contributed by atoms with van der Waals surface area (Å²) in [5.74, 6) is 0.0941. The van der Waals surface area contributed by atoms with Crippen molar-refractivity contribution in [2.45, 2.75) is 24.8 Å². The second-order valence-electron chi connectivity index (χ2n) is 5.60. The standard InChI is InChI=1S/C18H21NO5S/c1-12-5-10-17(23-3)16(11-12)13(2)19-25(21,22)15-8-6-14(7-9-15)18(20)24-4/h5-11,13,19H,1-4H3. The summed E-state index contributed by atoms with van der Waals surface area (Å²) in [6.07, 6.45) is 0. The van der Waals surface area contributed by atoms with Crippen molar-refractivity contribution in [3.8, 4) is 5.75 Å². The molecule has 0 aromatic heterocycles. The van der Waals surface area contributed by atoms with Crippen molar-refractivity contribution in [2.24, 2.45) is 0 Å². The first-order chi connectivity index (χ1) is 11.8. The van der Waals surface area contributed by atoms with Crippen molar-refractivity contribution in [3.05, 3.63) is 59.2 Å². The van der Waals surface area contributed by atoms with Gasteiger partial charge < -0.3 is 9.47 Å². The molecule has 1 N–H and O–H groups in total. The van der Waals surface area contributed by atoms with Gasteiger partial charge in [-0.25, -0.2) is 17.9 Å². The Hall–Kier alpha value is -2.38. The molecule has 7 heteroatoms. The van der Waals surface area contributed by atoms with Crippen LogP contribution in [-0.2, 0) is 14.8 Å². The Labute approximate surface area is 147 Å². The Morgan fingerprint density at radius 2 is 1.72 bits per heavy atom. The number of sulfonamides is 1. The van der Waals surface area contributed by atoms with Gasteiger partial charge in [-0.2, -0.15) is 0 Å². The third-order valence-electron chi connectivity index (χ3n) is 3.77. The second-order valence-corrected chi connectivity index (χ2v) is 7.32. The molecule has 0 aliphatic carbocycles. The lowest BCUT2D eigenvalue weighted by molar-refractivity contribution is 0.0600. The highest BCUT2D eigenvalue weighted by atomic mass is 32.2. The van der Waals surface area contributed by atoms with Crippen LogP contribution in [0.1, 0.15) is 34.5 Å². The SMILES string of the molecule is COC(=O)c1ccc(S(=O)(=O)NC(C)c2cc(C)ccc2OC)cc1. The maximum atomic E-state index is 12.6. The summed E-state index contributed by atoms with van der Waals surface area (Å²) in [7, 11) is -0.940. The molecule has 0 heterocycles. The fourth-order valence-corrected chi connectivity index (χ4v) is 3.67. The number of hydrogen-bond donors (Lipinski definition) is 1. The minimum absolute atomic E-state index is 0.0682. The Kier molecular flexibility index (Phi) is 5.81. The Bertz CT molecular complexity index is 860. The van der Waals surface area contributed by atoms with Crippen molar-refractivity contribution in [1.29, 1.82) is 0 Å². The molecule has 134 valence electrons. The number of carbonyl (C=O) groups is 1. The number of benzene rings is 2. The highest BCUT2D eigenvalue weighted by Gasteiger charge is 2.21. The summed E-state index contributed by atoms with van der Waals surface area (Å²) in [6.45, 7) is 3.67. The van der Waals surface area contributed by atoms with E-state index in [1.54, 1.807) is 20.1 Å². The lowest BCUT2D eigenvalue weighted by atomic mass is 10.1. The Balaban J connectivity index is 2.26. The maximum absolute atomic E-state index is 12.6.